The van der Waals surface area contributed by atoms with Crippen molar-refractivity contribution >= 4 is 11.9 Å². The highest BCUT2D eigenvalue weighted by Gasteiger charge is 2.41. The van der Waals surface area contributed by atoms with E-state index < -0.39 is 17.5 Å². The fourth-order valence-corrected chi connectivity index (χ4v) is 4.02. The average molecular weight is 395 g/mol. The van der Waals surface area contributed by atoms with E-state index in [4.69, 9.17) is 9.47 Å². The van der Waals surface area contributed by atoms with Crippen molar-refractivity contribution in [2.75, 3.05) is 20.6 Å². The second-order valence-corrected chi connectivity index (χ2v) is 7.76. The van der Waals surface area contributed by atoms with Crippen LogP contribution in [-0.4, -0.2) is 58.8 Å². The van der Waals surface area contributed by atoms with Crippen LogP contribution in [0.15, 0.2) is 12.1 Å². The molecule has 1 aromatic carbocycles. The maximum absolute atomic E-state index is 12.1. The predicted octanol–water partition coefficient (Wildman–Crippen LogP) is 1.51. The molecular weight excluding hydrogens is 366 g/mol. The van der Waals surface area contributed by atoms with Crippen LogP contribution >= 0.6 is 0 Å². The molecule has 2 aliphatic rings. The Bertz CT molecular complexity index is 726. The molecule has 1 saturated carbocycles. The SMILES string of the molecule is CN(C)CC(c1ccc(O)c2c1OC(=O)CCC(=O)O2)C1(O)CCCCC1.O. The Balaban J connectivity index is 0.00000280. The zero-order valence-electron chi connectivity index (χ0n) is 16.4. The molecule has 1 fully saturated rings. The van der Waals surface area contributed by atoms with Gasteiger partial charge in [-0.15, -0.1) is 0 Å². The van der Waals surface area contributed by atoms with Gasteiger partial charge in [0.15, 0.2) is 11.5 Å². The standard InChI is InChI=1S/C20H27NO6.H2O/c1-21(2)12-14(20(25)10-4-3-5-11-20)13-6-7-15(22)19-18(13)26-16(23)8-9-17(24)27-19;/h6-7,14,22,25H,3-5,8-12H2,1-2H3;1H2. The van der Waals surface area contributed by atoms with E-state index >= 15 is 0 Å². The van der Waals surface area contributed by atoms with Crippen LogP contribution in [0.2, 0.25) is 0 Å². The Morgan fingerprint density at radius 3 is 2.18 bits per heavy atom. The van der Waals surface area contributed by atoms with E-state index in [-0.39, 0.29) is 41.5 Å². The molecular formula is C20H29NO7. The molecule has 0 spiro atoms. The Morgan fingerprint density at radius 1 is 1.04 bits per heavy atom. The van der Waals surface area contributed by atoms with Crippen molar-refractivity contribution in [1.82, 2.24) is 4.90 Å². The maximum atomic E-state index is 12.1. The van der Waals surface area contributed by atoms with Gasteiger partial charge in [0.25, 0.3) is 0 Å². The average Bonchev–Trinajstić information content (AvgIpc) is 2.61. The summed E-state index contributed by atoms with van der Waals surface area (Å²) in [5.41, 5.74) is -0.379. The second kappa shape index (κ2) is 8.89. The Morgan fingerprint density at radius 2 is 1.61 bits per heavy atom. The first-order valence-electron chi connectivity index (χ1n) is 9.44. The number of phenolic OH excluding ortho intramolecular Hbond substituents is 1. The molecule has 28 heavy (non-hydrogen) atoms. The molecule has 1 heterocycles. The molecule has 1 aliphatic carbocycles. The Hall–Kier alpha value is -2.16. The number of esters is 2. The molecule has 0 saturated heterocycles. The highest BCUT2D eigenvalue weighted by Crippen LogP contribution is 2.49. The van der Waals surface area contributed by atoms with E-state index in [9.17, 15) is 19.8 Å². The van der Waals surface area contributed by atoms with E-state index in [1.54, 1.807) is 6.07 Å². The van der Waals surface area contributed by atoms with E-state index in [0.717, 1.165) is 19.3 Å². The zero-order valence-corrected chi connectivity index (χ0v) is 16.4. The molecule has 0 radical (unpaired) electrons. The predicted molar refractivity (Wildman–Crippen MR) is 102 cm³/mol. The summed E-state index contributed by atoms with van der Waals surface area (Å²) in [7, 11) is 3.82. The van der Waals surface area contributed by atoms with Gasteiger partial charge in [-0.25, -0.2) is 0 Å². The molecule has 4 N–H and O–H groups in total. The van der Waals surface area contributed by atoms with Crippen molar-refractivity contribution < 1.29 is 34.8 Å². The number of phenols is 1. The zero-order chi connectivity index (χ0) is 19.6. The maximum Gasteiger partial charge on any atom is 0.312 e. The smallest absolute Gasteiger partial charge is 0.312 e. The molecule has 0 amide bonds. The number of fused-ring (bicyclic) bond motifs is 1. The molecule has 8 nitrogen and oxygen atoms in total. The van der Waals surface area contributed by atoms with Crippen molar-refractivity contribution in [3.05, 3.63) is 17.7 Å². The third-order valence-corrected chi connectivity index (χ3v) is 5.38. The minimum Gasteiger partial charge on any atom is -0.504 e. The second-order valence-electron chi connectivity index (χ2n) is 7.76. The molecule has 1 atom stereocenters. The first kappa shape index (κ1) is 22.1. The monoisotopic (exact) mass is 395 g/mol. The summed E-state index contributed by atoms with van der Waals surface area (Å²) in [6.07, 6.45) is 4.04. The Labute approximate surface area is 164 Å². The van der Waals surface area contributed by atoms with Crippen LogP contribution in [0.1, 0.15) is 56.4 Å². The summed E-state index contributed by atoms with van der Waals surface area (Å²) in [6.45, 7) is 0.527. The highest BCUT2D eigenvalue weighted by molar-refractivity contribution is 5.84. The molecule has 156 valence electrons. The fourth-order valence-electron chi connectivity index (χ4n) is 4.02. The van der Waals surface area contributed by atoms with E-state index in [2.05, 4.69) is 0 Å². The molecule has 1 unspecified atom stereocenters. The summed E-state index contributed by atoms with van der Waals surface area (Å²) in [4.78, 5) is 26.0. The topological polar surface area (TPSA) is 128 Å². The number of hydrogen-bond donors (Lipinski definition) is 2. The van der Waals surface area contributed by atoms with Gasteiger partial charge in [-0.1, -0.05) is 25.3 Å². The lowest BCUT2D eigenvalue weighted by Gasteiger charge is -2.41. The number of aromatic hydroxyl groups is 1. The van der Waals surface area contributed by atoms with Gasteiger partial charge in [-0.3, -0.25) is 9.59 Å². The van der Waals surface area contributed by atoms with Gasteiger partial charge in [0, 0.05) is 18.0 Å². The van der Waals surface area contributed by atoms with Crippen LogP contribution in [0.25, 0.3) is 0 Å². The lowest BCUT2D eigenvalue weighted by molar-refractivity contribution is -0.142. The quantitative estimate of drug-likeness (QED) is 0.584. The fraction of sp³-hybridized carbons (Fsp3) is 0.600. The minimum atomic E-state index is -0.952. The molecule has 0 bridgehead atoms. The van der Waals surface area contributed by atoms with Crippen LogP contribution in [0.3, 0.4) is 0 Å². The number of likely N-dealkylation sites (N-methyl/N-ethyl adjacent to an activating group) is 1. The number of nitrogens with zero attached hydrogens (tertiary/aromatic N) is 1. The van der Waals surface area contributed by atoms with Crippen molar-refractivity contribution in [3.8, 4) is 17.2 Å². The summed E-state index contributed by atoms with van der Waals surface area (Å²) in [5.74, 6) is -1.88. The number of carbonyl (C=O) groups is 2. The summed E-state index contributed by atoms with van der Waals surface area (Å²) in [5, 5.41) is 21.6. The molecule has 1 aliphatic heterocycles. The van der Waals surface area contributed by atoms with Crippen LogP contribution in [0.5, 0.6) is 17.2 Å². The third-order valence-electron chi connectivity index (χ3n) is 5.38. The molecule has 3 rings (SSSR count). The van der Waals surface area contributed by atoms with Gasteiger partial charge in [-0.2, -0.15) is 0 Å². The third kappa shape index (κ3) is 4.63. The number of hydrogen-bond acceptors (Lipinski definition) is 7. The molecule has 0 aromatic heterocycles. The number of rotatable bonds is 4. The van der Waals surface area contributed by atoms with Gasteiger partial charge in [-0.05, 0) is 33.0 Å². The van der Waals surface area contributed by atoms with Gasteiger partial charge < -0.3 is 30.1 Å². The van der Waals surface area contributed by atoms with Crippen LogP contribution in [0, 0.1) is 0 Å². The van der Waals surface area contributed by atoms with Crippen molar-refractivity contribution in [3.63, 3.8) is 0 Å². The van der Waals surface area contributed by atoms with Crippen LogP contribution in [-0.2, 0) is 9.59 Å². The van der Waals surface area contributed by atoms with E-state index in [0.29, 0.717) is 24.9 Å². The summed E-state index contributed by atoms with van der Waals surface area (Å²) >= 11 is 0. The van der Waals surface area contributed by atoms with Gasteiger partial charge >= 0.3 is 11.9 Å². The van der Waals surface area contributed by atoms with Gasteiger partial charge in [0.2, 0.25) is 5.75 Å². The lowest BCUT2D eigenvalue weighted by atomic mass is 9.72. The number of carbonyl (C=O) groups excluding carboxylic acids is 2. The van der Waals surface area contributed by atoms with Gasteiger partial charge in [0.1, 0.15) is 0 Å². The normalized spacial score (nSPS) is 20.1. The van der Waals surface area contributed by atoms with Crippen molar-refractivity contribution in [2.45, 2.75) is 56.5 Å². The van der Waals surface area contributed by atoms with E-state index in [1.807, 2.05) is 19.0 Å². The number of aliphatic hydroxyl groups is 1. The van der Waals surface area contributed by atoms with Crippen molar-refractivity contribution in [1.29, 1.82) is 0 Å². The lowest BCUT2D eigenvalue weighted by Crippen LogP contribution is -2.43. The highest BCUT2D eigenvalue weighted by atomic mass is 16.6. The summed E-state index contributed by atoms with van der Waals surface area (Å²) in [6, 6.07) is 3.07. The Kier molecular flexibility index (Phi) is 7.03. The van der Waals surface area contributed by atoms with Crippen LogP contribution < -0.4 is 9.47 Å². The van der Waals surface area contributed by atoms with Crippen LogP contribution in [0.4, 0.5) is 0 Å². The van der Waals surface area contributed by atoms with Crippen molar-refractivity contribution in [2.24, 2.45) is 0 Å². The molecule has 1 aromatic rings. The van der Waals surface area contributed by atoms with E-state index in [1.165, 1.54) is 6.07 Å². The largest absolute Gasteiger partial charge is 0.504 e. The molecule has 8 heteroatoms. The van der Waals surface area contributed by atoms with Gasteiger partial charge in [0.05, 0.1) is 18.4 Å². The number of ether oxygens (including phenoxy) is 2. The first-order valence-corrected chi connectivity index (χ1v) is 9.44. The minimum absolute atomic E-state index is 0. The summed E-state index contributed by atoms with van der Waals surface area (Å²) < 4.78 is 10.8. The first-order chi connectivity index (χ1) is 12.8. The number of benzene rings is 1.